The Labute approximate surface area is 77.9 Å². The Balaban J connectivity index is 0. The van der Waals surface area contributed by atoms with Crippen LogP contribution in [0.4, 0.5) is 0 Å². The molecule has 1 aliphatic rings. The molecule has 0 aliphatic heterocycles. The highest BCUT2D eigenvalue weighted by atomic mass is 16.4. The van der Waals surface area contributed by atoms with E-state index in [-0.39, 0.29) is 0 Å². The van der Waals surface area contributed by atoms with Crippen LogP contribution in [-0.4, -0.2) is 22.2 Å². The van der Waals surface area contributed by atoms with Crippen LogP contribution in [0.15, 0.2) is 12.2 Å². The van der Waals surface area contributed by atoms with Gasteiger partial charge in [-0.25, -0.2) is 0 Å². The van der Waals surface area contributed by atoms with Crippen LogP contribution < -0.4 is 0 Å². The van der Waals surface area contributed by atoms with Gasteiger partial charge in [-0.05, 0) is 19.3 Å². The first-order valence-electron chi connectivity index (χ1n) is 4.01. The topological polar surface area (TPSA) is 74.6 Å². The molecule has 0 aromatic carbocycles. The summed E-state index contributed by atoms with van der Waals surface area (Å²) in [7, 11) is 0. The first-order chi connectivity index (χ1) is 5.96. The molecule has 4 heteroatoms. The molecule has 0 spiro atoms. The molecule has 0 amide bonds. The van der Waals surface area contributed by atoms with E-state index in [0.29, 0.717) is 0 Å². The van der Waals surface area contributed by atoms with Crippen molar-refractivity contribution in [2.75, 3.05) is 0 Å². The molecule has 0 aromatic heterocycles. The number of hydrogen-bond donors (Lipinski definition) is 2. The zero-order valence-electron chi connectivity index (χ0n) is 7.99. The molecule has 0 saturated heterocycles. The molecule has 0 aromatic rings. The fourth-order valence-corrected chi connectivity index (χ4v) is 0.589. The lowest BCUT2D eigenvalue weighted by Crippen LogP contribution is -1.78. The summed E-state index contributed by atoms with van der Waals surface area (Å²) in [5.74, 6) is -1.67. The van der Waals surface area contributed by atoms with E-state index in [9.17, 15) is 0 Å². The molecule has 1 rings (SSSR count). The Kier molecular flexibility index (Phi) is 11.7. The molecule has 0 unspecified atom stereocenters. The van der Waals surface area contributed by atoms with E-state index in [1.54, 1.807) is 0 Å². The highest BCUT2D eigenvalue weighted by molar-refractivity contribution is 5.63. The minimum absolute atomic E-state index is 0.833. The van der Waals surface area contributed by atoms with Crippen LogP contribution in [0.25, 0.3) is 0 Å². The predicted molar refractivity (Wildman–Crippen MR) is 49.6 cm³/mol. The number of carbonyl (C=O) groups is 2. The smallest absolute Gasteiger partial charge is 0.300 e. The number of carboxylic acid groups (broad SMARTS) is 2. The van der Waals surface area contributed by atoms with Gasteiger partial charge in [0, 0.05) is 13.8 Å². The Bertz CT molecular complexity index is 146. The molecule has 0 radical (unpaired) electrons. The maximum absolute atomic E-state index is 9.00. The van der Waals surface area contributed by atoms with Crippen molar-refractivity contribution in [3.63, 3.8) is 0 Å². The SMILES string of the molecule is C1=CCCC1.CC(=O)O.CC(=O)O. The lowest BCUT2D eigenvalue weighted by atomic mass is 10.4. The summed E-state index contributed by atoms with van der Waals surface area (Å²) < 4.78 is 0. The van der Waals surface area contributed by atoms with Gasteiger partial charge in [-0.3, -0.25) is 9.59 Å². The summed E-state index contributed by atoms with van der Waals surface area (Å²) in [5.41, 5.74) is 0. The molecule has 76 valence electrons. The van der Waals surface area contributed by atoms with E-state index in [1.165, 1.54) is 19.3 Å². The Hall–Kier alpha value is -1.32. The summed E-state index contributed by atoms with van der Waals surface area (Å²) in [6, 6.07) is 0. The second-order valence-corrected chi connectivity index (χ2v) is 2.44. The van der Waals surface area contributed by atoms with Crippen LogP contribution in [0.3, 0.4) is 0 Å². The highest BCUT2D eigenvalue weighted by Gasteiger charge is 1.84. The lowest BCUT2D eigenvalue weighted by Gasteiger charge is -1.69. The van der Waals surface area contributed by atoms with Crippen LogP contribution in [0, 0.1) is 0 Å². The second kappa shape index (κ2) is 10.7. The maximum Gasteiger partial charge on any atom is 0.300 e. The van der Waals surface area contributed by atoms with Crippen molar-refractivity contribution < 1.29 is 19.8 Å². The molecular weight excluding hydrogens is 172 g/mol. The van der Waals surface area contributed by atoms with Gasteiger partial charge in [-0.1, -0.05) is 12.2 Å². The normalized spacial score (nSPS) is 11.8. The van der Waals surface area contributed by atoms with Crippen molar-refractivity contribution >= 4 is 11.9 Å². The van der Waals surface area contributed by atoms with Gasteiger partial charge in [-0.2, -0.15) is 0 Å². The zero-order valence-corrected chi connectivity index (χ0v) is 7.99. The Morgan fingerprint density at radius 1 is 1.00 bits per heavy atom. The molecule has 0 heterocycles. The number of hydrogen-bond acceptors (Lipinski definition) is 2. The molecule has 13 heavy (non-hydrogen) atoms. The third-order valence-corrected chi connectivity index (χ3v) is 0.908. The summed E-state index contributed by atoms with van der Waals surface area (Å²) in [5, 5.41) is 14.8. The van der Waals surface area contributed by atoms with Gasteiger partial charge < -0.3 is 10.2 Å². The fraction of sp³-hybridized carbons (Fsp3) is 0.556. The number of carboxylic acids is 2. The second-order valence-electron chi connectivity index (χ2n) is 2.44. The van der Waals surface area contributed by atoms with Gasteiger partial charge in [0.1, 0.15) is 0 Å². The van der Waals surface area contributed by atoms with Crippen LogP contribution in [0.5, 0.6) is 0 Å². The van der Waals surface area contributed by atoms with Crippen LogP contribution in [0.1, 0.15) is 33.1 Å². The molecule has 0 saturated carbocycles. The Morgan fingerprint density at radius 2 is 1.23 bits per heavy atom. The number of allylic oxidation sites excluding steroid dienone is 2. The molecule has 0 fully saturated rings. The minimum Gasteiger partial charge on any atom is -0.481 e. The van der Waals surface area contributed by atoms with E-state index in [1.807, 2.05) is 0 Å². The predicted octanol–water partition coefficient (Wildman–Crippen LogP) is 1.91. The van der Waals surface area contributed by atoms with Crippen molar-refractivity contribution in [2.45, 2.75) is 33.1 Å². The number of aliphatic carboxylic acids is 2. The number of rotatable bonds is 0. The maximum atomic E-state index is 9.00. The van der Waals surface area contributed by atoms with E-state index in [2.05, 4.69) is 12.2 Å². The van der Waals surface area contributed by atoms with E-state index < -0.39 is 11.9 Å². The van der Waals surface area contributed by atoms with Crippen molar-refractivity contribution in [2.24, 2.45) is 0 Å². The minimum atomic E-state index is -0.833. The third-order valence-electron chi connectivity index (χ3n) is 0.908. The average Bonchev–Trinajstić information content (AvgIpc) is 2.35. The molecule has 4 nitrogen and oxygen atoms in total. The van der Waals surface area contributed by atoms with Crippen molar-refractivity contribution in [3.05, 3.63) is 12.2 Å². The first kappa shape index (κ1) is 14.2. The summed E-state index contributed by atoms with van der Waals surface area (Å²) in [6.45, 7) is 2.17. The van der Waals surface area contributed by atoms with Crippen molar-refractivity contribution in [1.29, 1.82) is 0 Å². The van der Waals surface area contributed by atoms with Crippen LogP contribution in [-0.2, 0) is 9.59 Å². The lowest BCUT2D eigenvalue weighted by molar-refractivity contribution is -0.135. The largest absolute Gasteiger partial charge is 0.481 e. The fourth-order valence-electron chi connectivity index (χ4n) is 0.589. The third kappa shape index (κ3) is 59.4. The van der Waals surface area contributed by atoms with Crippen LogP contribution in [0.2, 0.25) is 0 Å². The van der Waals surface area contributed by atoms with E-state index in [0.717, 1.165) is 13.8 Å². The van der Waals surface area contributed by atoms with Gasteiger partial charge >= 0.3 is 0 Å². The van der Waals surface area contributed by atoms with Crippen molar-refractivity contribution in [1.82, 2.24) is 0 Å². The highest BCUT2D eigenvalue weighted by Crippen LogP contribution is 2.05. The van der Waals surface area contributed by atoms with E-state index >= 15 is 0 Å². The monoisotopic (exact) mass is 188 g/mol. The summed E-state index contributed by atoms with van der Waals surface area (Å²) >= 11 is 0. The quantitative estimate of drug-likeness (QED) is 0.569. The summed E-state index contributed by atoms with van der Waals surface area (Å²) in [6.07, 6.45) is 8.50. The van der Waals surface area contributed by atoms with Crippen molar-refractivity contribution in [3.8, 4) is 0 Å². The Morgan fingerprint density at radius 3 is 1.31 bits per heavy atom. The van der Waals surface area contributed by atoms with Gasteiger partial charge in [0.05, 0.1) is 0 Å². The molecule has 0 atom stereocenters. The average molecular weight is 188 g/mol. The van der Waals surface area contributed by atoms with E-state index in [4.69, 9.17) is 19.8 Å². The molecular formula is C9H16O4. The first-order valence-corrected chi connectivity index (χ1v) is 4.01. The zero-order chi connectivity index (χ0) is 10.7. The van der Waals surface area contributed by atoms with Gasteiger partial charge in [0.2, 0.25) is 0 Å². The van der Waals surface area contributed by atoms with Gasteiger partial charge in [-0.15, -0.1) is 0 Å². The molecule has 1 aliphatic carbocycles. The summed E-state index contributed by atoms with van der Waals surface area (Å²) in [4.78, 5) is 18.0. The standard InChI is InChI=1S/C5H8.2C2H4O2/c1-2-4-5-3-1;2*1-2(3)4/h1-2H,3-5H2;2*1H3,(H,3,4). The molecule has 2 N–H and O–H groups in total. The van der Waals surface area contributed by atoms with Crippen LogP contribution >= 0.6 is 0 Å². The van der Waals surface area contributed by atoms with Gasteiger partial charge in [0.15, 0.2) is 0 Å². The van der Waals surface area contributed by atoms with Gasteiger partial charge in [0.25, 0.3) is 11.9 Å². The molecule has 0 bridgehead atoms.